The molecule has 3 fully saturated rings. The summed E-state index contributed by atoms with van der Waals surface area (Å²) in [6, 6.07) is 1.42. The van der Waals surface area contributed by atoms with Gasteiger partial charge in [0.2, 0.25) is 0 Å². The molecule has 3 rings (SSSR count). The Morgan fingerprint density at radius 3 is 1.22 bits per heavy atom. The molecule has 3 saturated carbocycles. The lowest BCUT2D eigenvalue weighted by molar-refractivity contribution is 0.299. The van der Waals surface area contributed by atoms with Gasteiger partial charge in [0.25, 0.3) is 0 Å². The van der Waals surface area contributed by atoms with Gasteiger partial charge < -0.3 is 0 Å². The molecular weight excluding hydrogens is 328 g/mol. The molecule has 0 saturated heterocycles. The molecule has 3 aliphatic carbocycles. The molecule has 3 aliphatic rings. The van der Waals surface area contributed by atoms with Gasteiger partial charge in [-0.3, -0.25) is 10.9 Å². The van der Waals surface area contributed by atoms with E-state index in [0.29, 0.717) is 12.1 Å². The molecule has 0 spiro atoms. The first-order chi connectivity index (χ1) is 13.4. The number of nitrogens with one attached hydrogen (secondary N) is 2. The van der Waals surface area contributed by atoms with Crippen LogP contribution in [-0.4, -0.2) is 12.1 Å². The predicted octanol–water partition coefficient (Wildman–Crippen LogP) is 7.28. The highest BCUT2D eigenvalue weighted by Gasteiger charge is 2.36. The van der Waals surface area contributed by atoms with Gasteiger partial charge in [-0.25, -0.2) is 0 Å². The summed E-state index contributed by atoms with van der Waals surface area (Å²) in [6.45, 7) is 0. The van der Waals surface area contributed by atoms with Gasteiger partial charge in [0, 0.05) is 12.1 Å². The van der Waals surface area contributed by atoms with E-state index in [1.807, 2.05) is 0 Å². The van der Waals surface area contributed by atoms with Crippen LogP contribution in [0.5, 0.6) is 0 Å². The molecule has 2 nitrogen and oxygen atoms in total. The molecular formula is C25H48N2. The zero-order chi connectivity index (χ0) is 18.6. The molecule has 0 heterocycles. The van der Waals surface area contributed by atoms with Crippen LogP contribution in [-0.2, 0) is 0 Å². The van der Waals surface area contributed by atoms with Crippen molar-refractivity contribution in [2.75, 3.05) is 0 Å². The average Bonchev–Trinajstić information content (AvgIpc) is 3.40. The third kappa shape index (κ3) is 9.31. The smallest absolute Gasteiger partial charge is 0.0213 e. The van der Waals surface area contributed by atoms with E-state index in [1.54, 1.807) is 6.42 Å². The Morgan fingerprint density at radius 2 is 0.704 bits per heavy atom. The van der Waals surface area contributed by atoms with Crippen LogP contribution >= 0.6 is 0 Å². The van der Waals surface area contributed by atoms with Crippen LogP contribution in [0.1, 0.15) is 135 Å². The molecule has 158 valence electrons. The molecule has 0 aromatic rings. The Bertz CT molecular complexity index is 357. The van der Waals surface area contributed by atoms with Gasteiger partial charge in [-0.1, -0.05) is 96.3 Å². The highest BCUT2D eigenvalue weighted by atomic mass is 15.4. The Morgan fingerprint density at radius 1 is 0.333 bits per heavy atom. The summed E-state index contributed by atoms with van der Waals surface area (Å²) in [6.07, 6.45) is 30.6. The van der Waals surface area contributed by atoms with E-state index in [-0.39, 0.29) is 0 Å². The highest BCUT2D eigenvalue weighted by molar-refractivity contribution is 4.87. The summed E-state index contributed by atoms with van der Waals surface area (Å²) in [4.78, 5) is 0. The van der Waals surface area contributed by atoms with Crippen molar-refractivity contribution < 1.29 is 0 Å². The third-order valence-electron chi connectivity index (χ3n) is 7.68. The van der Waals surface area contributed by atoms with Crippen LogP contribution in [0.15, 0.2) is 0 Å². The van der Waals surface area contributed by atoms with E-state index in [0.717, 1.165) is 11.8 Å². The van der Waals surface area contributed by atoms with Crippen molar-refractivity contribution >= 4 is 0 Å². The average molecular weight is 377 g/mol. The molecule has 3 unspecified atom stereocenters. The van der Waals surface area contributed by atoms with Gasteiger partial charge in [0.15, 0.2) is 0 Å². The largest absolute Gasteiger partial charge is 0.255 e. The molecule has 3 atom stereocenters. The standard InChI is InChI=1S/C25H48N2/c1-2-4-8-12-16-24(17-13-9-5-3-1)26-27-25-18-14-10-6-7-11-15-22-21-23(22)19-20-25/h22-27H,1-21H2. The highest BCUT2D eigenvalue weighted by Crippen LogP contribution is 2.46. The van der Waals surface area contributed by atoms with Gasteiger partial charge in [-0.05, 0) is 50.4 Å². The second kappa shape index (κ2) is 13.2. The zero-order valence-corrected chi connectivity index (χ0v) is 18.2. The quantitative estimate of drug-likeness (QED) is 0.505. The van der Waals surface area contributed by atoms with Gasteiger partial charge in [-0.2, -0.15) is 0 Å². The molecule has 2 N–H and O–H groups in total. The van der Waals surface area contributed by atoms with Crippen molar-refractivity contribution in [2.24, 2.45) is 11.8 Å². The first-order valence-electron chi connectivity index (χ1n) is 12.9. The number of hydrogen-bond donors (Lipinski definition) is 2. The van der Waals surface area contributed by atoms with E-state index in [4.69, 9.17) is 0 Å². The van der Waals surface area contributed by atoms with Crippen LogP contribution in [0.3, 0.4) is 0 Å². The van der Waals surface area contributed by atoms with E-state index in [9.17, 15) is 0 Å². The minimum absolute atomic E-state index is 0.708. The van der Waals surface area contributed by atoms with Gasteiger partial charge in [0.1, 0.15) is 0 Å². The van der Waals surface area contributed by atoms with Crippen molar-refractivity contribution in [2.45, 2.75) is 147 Å². The summed E-state index contributed by atoms with van der Waals surface area (Å²) in [5.41, 5.74) is 7.68. The first-order valence-corrected chi connectivity index (χ1v) is 12.9. The van der Waals surface area contributed by atoms with Crippen molar-refractivity contribution in [1.82, 2.24) is 10.9 Å². The Kier molecular flexibility index (Phi) is 10.6. The molecule has 27 heavy (non-hydrogen) atoms. The second-order valence-electron chi connectivity index (χ2n) is 10.1. The monoisotopic (exact) mass is 376 g/mol. The summed E-state index contributed by atoms with van der Waals surface area (Å²) in [5.74, 6) is 2.18. The lowest BCUT2D eigenvalue weighted by Crippen LogP contribution is -2.46. The maximum Gasteiger partial charge on any atom is 0.0213 e. The van der Waals surface area contributed by atoms with Crippen molar-refractivity contribution in [3.63, 3.8) is 0 Å². The van der Waals surface area contributed by atoms with Crippen LogP contribution < -0.4 is 10.9 Å². The molecule has 0 bridgehead atoms. The summed E-state index contributed by atoms with van der Waals surface area (Å²) >= 11 is 0. The fourth-order valence-electron chi connectivity index (χ4n) is 5.59. The first kappa shape index (κ1) is 21.6. The van der Waals surface area contributed by atoms with Gasteiger partial charge >= 0.3 is 0 Å². The fourth-order valence-corrected chi connectivity index (χ4v) is 5.59. The Balaban J connectivity index is 1.39. The van der Waals surface area contributed by atoms with E-state index in [2.05, 4.69) is 10.9 Å². The topological polar surface area (TPSA) is 24.1 Å². The minimum Gasteiger partial charge on any atom is -0.255 e. The van der Waals surface area contributed by atoms with Crippen molar-refractivity contribution in [3.05, 3.63) is 0 Å². The summed E-state index contributed by atoms with van der Waals surface area (Å²) in [7, 11) is 0. The molecule has 0 aromatic carbocycles. The van der Waals surface area contributed by atoms with Crippen LogP contribution in [0.25, 0.3) is 0 Å². The Hall–Kier alpha value is -0.0800. The fraction of sp³-hybridized carbons (Fsp3) is 1.00. The molecule has 2 heteroatoms. The number of fused-ring (bicyclic) bond motifs is 1. The molecule has 0 radical (unpaired) electrons. The number of hydrogen-bond acceptors (Lipinski definition) is 2. The second-order valence-corrected chi connectivity index (χ2v) is 10.1. The van der Waals surface area contributed by atoms with Crippen molar-refractivity contribution in [3.8, 4) is 0 Å². The van der Waals surface area contributed by atoms with E-state index in [1.165, 1.54) is 128 Å². The van der Waals surface area contributed by atoms with Crippen LogP contribution in [0.4, 0.5) is 0 Å². The zero-order valence-electron chi connectivity index (χ0n) is 18.2. The molecule has 0 aliphatic heterocycles. The van der Waals surface area contributed by atoms with Crippen molar-refractivity contribution in [1.29, 1.82) is 0 Å². The minimum atomic E-state index is 0.708. The summed E-state index contributed by atoms with van der Waals surface area (Å²) < 4.78 is 0. The predicted molar refractivity (Wildman–Crippen MR) is 118 cm³/mol. The maximum atomic E-state index is 3.84. The summed E-state index contributed by atoms with van der Waals surface area (Å²) in [5, 5.41) is 0. The lowest BCUT2D eigenvalue weighted by atomic mass is 9.97. The third-order valence-corrected chi connectivity index (χ3v) is 7.68. The number of rotatable bonds is 3. The van der Waals surface area contributed by atoms with E-state index >= 15 is 0 Å². The lowest BCUT2D eigenvalue weighted by Gasteiger charge is -2.25. The van der Waals surface area contributed by atoms with Crippen LogP contribution in [0, 0.1) is 11.8 Å². The van der Waals surface area contributed by atoms with Crippen LogP contribution in [0.2, 0.25) is 0 Å². The number of hydrazine groups is 1. The van der Waals surface area contributed by atoms with E-state index < -0.39 is 0 Å². The SMILES string of the molecule is C1CCCCCC(NNC2CCCCCCCC3CC3CC2)CCCCC1. The normalized spacial score (nSPS) is 33.6. The van der Waals surface area contributed by atoms with Gasteiger partial charge in [-0.15, -0.1) is 0 Å². The molecule has 0 amide bonds. The molecule has 0 aromatic heterocycles. The van der Waals surface area contributed by atoms with Gasteiger partial charge in [0.05, 0.1) is 0 Å². The maximum absolute atomic E-state index is 3.84. The Labute approximate surface area is 170 Å².